The first-order valence-electron chi connectivity index (χ1n) is 19.6. The number of benzene rings is 7. The molecule has 0 saturated carbocycles. The maximum Gasteiger partial charge on any atom is 0.141 e. The van der Waals surface area contributed by atoms with Gasteiger partial charge in [-0.05, 0) is 161 Å². The number of fused-ring (bicyclic) bond motifs is 3. The molecule has 3 aromatic heterocycles. The first-order chi connectivity index (χ1) is 27.7. The highest BCUT2D eigenvalue weighted by Gasteiger charge is 2.19. The Bertz CT molecular complexity index is 2840. The Morgan fingerprint density at radius 3 is 0.825 bits per heavy atom. The quantitative estimate of drug-likeness (QED) is 0.170. The molecule has 7 aromatic carbocycles. The van der Waals surface area contributed by atoms with Crippen LogP contribution in [-0.4, -0.2) is 0 Å². The third-order valence-corrected chi connectivity index (χ3v) is 11.9. The van der Waals surface area contributed by atoms with Crippen LogP contribution in [0.2, 0.25) is 0 Å². The lowest BCUT2D eigenvalue weighted by atomic mass is 9.85. The average Bonchev–Trinajstić information content (AvgIpc) is 4.01. The molecule has 0 saturated heterocycles. The molecule has 0 atom stereocenters. The summed E-state index contributed by atoms with van der Waals surface area (Å²) in [7, 11) is 0. The molecule has 0 aliphatic rings. The molecule has 0 fully saturated rings. The lowest BCUT2D eigenvalue weighted by Gasteiger charge is -2.19. The summed E-state index contributed by atoms with van der Waals surface area (Å²) in [5, 5.41) is 3.34. The van der Waals surface area contributed by atoms with E-state index in [1.807, 2.05) is 18.2 Å². The van der Waals surface area contributed by atoms with Gasteiger partial charge in [-0.1, -0.05) is 91.0 Å². The fourth-order valence-electron chi connectivity index (χ4n) is 8.96. The molecule has 0 amide bonds. The molecule has 0 radical (unpaired) electrons. The number of hydrogen-bond acceptors (Lipinski definition) is 3. The van der Waals surface area contributed by atoms with Gasteiger partial charge in [0, 0.05) is 32.8 Å². The molecule has 3 heteroatoms. The van der Waals surface area contributed by atoms with E-state index < -0.39 is 0 Å². The molecule has 10 rings (SSSR count). The fraction of sp³-hybridized carbons (Fsp3) is 0.111. The molecule has 0 spiro atoms. The Morgan fingerprint density at radius 2 is 0.526 bits per heavy atom. The van der Waals surface area contributed by atoms with E-state index in [9.17, 15) is 0 Å². The smallest absolute Gasteiger partial charge is 0.141 e. The third kappa shape index (κ3) is 5.81. The lowest BCUT2D eigenvalue weighted by molar-refractivity contribution is 0.616. The summed E-state index contributed by atoms with van der Waals surface area (Å²) in [5.74, 6) is 0. The summed E-state index contributed by atoms with van der Waals surface area (Å²) in [6.07, 6.45) is 5.33. The van der Waals surface area contributed by atoms with Gasteiger partial charge in [0.25, 0.3) is 0 Å². The van der Waals surface area contributed by atoms with E-state index in [-0.39, 0.29) is 0 Å². The summed E-state index contributed by atoms with van der Waals surface area (Å²) >= 11 is 0. The Labute approximate surface area is 332 Å². The van der Waals surface area contributed by atoms with Crippen molar-refractivity contribution < 1.29 is 13.3 Å². The standard InChI is InChI=1S/C54H42O3/c1-31-25-49(43-13-7-10-37-16-19-55-52(37)43)34(4)22-46(31)40-28-41(47-23-35(5)50(26-32(47)2)44-14-8-11-38-17-20-56-53(38)44)30-42(29-40)48-24-36(6)51(27-33(48)3)45-15-9-12-39-18-21-57-54(39)45/h7-30H,1-6H3. The van der Waals surface area contributed by atoms with Crippen molar-refractivity contribution >= 4 is 32.9 Å². The van der Waals surface area contributed by atoms with Crippen LogP contribution in [-0.2, 0) is 0 Å². The van der Waals surface area contributed by atoms with Gasteiger partial charge < -0.3 is 13.3 Å². The van der Waals surface area contributed by atoms with Crippen molar-refractivity contribution in [2.45, 2.75) is 41.5 Å². The Balaban J connectivity index is 1.15. The van der Waals surface area contributed by atoms with Crippen LogP contribution in [0.1, 0.15) is 33.4 Å². The van der Waals surface area contributed by atoms with E-state index in [1.54, 1.807) is 18.8 Å². The van der Waals surface area contributed by atoms with Gasteiger partial charge in [-0.3, -0.25) is 0 Å². The fourth-order valence-corrected chi connectivity index (χ4v) is 8.96. The predicted octanol–water partition coefficient (Wildman–Crippen LogP) is 15.8. The predicted molar refractivity (Wildman–Crippen MR) is 237 cm³/mol. The zero-order chi connectivity index (χ0) is 38.9. The molecule has 0 bridgehead atoms. The van der Waals surface area contributed by atoms with Gasteiger partial charge in [-0.25, -0.2) is 0 Å². The lowest BCUT2D eigenvalue weighted by Crippen LogP contribution is -1.95. The van der Waals surface area contributed by atoms with Crippen LogP contribution in [0, 0.1) is 41.5 Å². The number of rotatable bonds is 6. The minimum absolute atomic E-state index is 0.923. The Kier molecular flexibility index (Phi) is 8.16. The van der Waals surface area contributed by atoms with Crippen LogP contribution in [0.25, 0.3) is 99.7 Å². The van der Waals surface area contributed by atoms with Crippen LogP contribution >= 0.6 is 0 Å². The second kappa shape index (κ2) is 13.4. The highest BCUT2D eigenvalue weighted by atomic mass is 16.3. The maximum absolute atomic E-state index is 5.98. The molecular formula is C54H42O3. The van der Waals surface area contributed by atoms with Crippen molar-refractivity contribution in [3.05, 3.63) is 180 Å². The molecule has 10 aromatic rings. The van der Waals surface area contributed by atoms with Gasteiger partial charge in [0.05, 0.1) is 18.8 Å². The number of aryl methyl sites for hydroxylation is 6. The molecule has 0 aliphatic carbocycles. The van der Waals surface area contributed by atoms with Gasteiger partial charge in [0.15, 0.2) is 0 Å². The van der Waals surface area contributed by atoms with Gasteiger partial charge in [0.2, 0.25) is 0 Å². The van der Waals surface area contributed by atoms with E-state index in [0.29, 0.717) is 0 Å². The van der Waals surface area contributed by atoms with Crippen LogP contribution in [0.15, 0.2) is 159 Å². The zero-order valence-corrected chi connectivity index (χ0v) is 33.1. The Hall–Kier alpha value is -6.84. The van der Waals surface area contributed by atoms with Crippen LogP contribution < -0.4 is 0 Å². The SMILES string of the molecule is Cc1cc(-c2cccc3ccoc23)c(C)cc1-c1cc(-c2cc(C)c(-c3cccc4ccoc34)cc2C)cc(-c2cc(C)c(-c3cccc4ccoc34)cc2C)c1. The normalized spacial score (nSPS) is 11.7. The second-order valence-electron chi connectivity index (χ2n) is 15.7. The van der Waals surface area contributed by atoms with Crippen LogP contribution in [0.5, 0.6) is 0 Å². The summed E-state index contributed by atoms with van der Waals surface area (Å²) in [6, 6.07) is 46.4. The van der Waals surface area contributed by atoms with Crippen molar-refractivity contribution in [3.8, 4) is 66.8 Å². The van der Waals surface area contributed by atoms with Crippen molar-refractivity contribution in [2.75, 3.05) is 0 Å². The van der Waals surface area contributed by atoms with E-state index in [4.69, 9.17) is 13.3 Å². The van der Waals surface area contributed by atoms with Gasteiger partial charge in [-0.15, -0.1) is 0 Å². The van der Waals surface area contributed by atoms with E-state index in [0.717, 1.165) is 49.6 Å². The summed E-state index contributed by atoms with van der Waals surface area (Å²) in [6.45, 7) is 13.3. The average molecular weight is 739 g/mol. The van der Waals surface area contributed by atoms with Crippen molar-refractivity contribution in [2.24, 2.45) is 0 Å². The minimum Gasteiger partial charge on any atom is -0.464 e. The first-order valence-corrected chi connectivity index (χ1v) is 19.6. The third-order valence-electron chi connectivity index (χ3n) is 11.9. The van der Waals surface area contributed by atoms with Gasteiger partial charge in [-0.2, -0.15) is 0 Å². The van der Waals surface area contributed by atoms with Crippen LogP contribution in [0.4, 0.5) is 0 Å². The maximum atomic E-state index is 5.98. The first kappa shape index (κ1) is 34.6. The van der Waals surface area contributed by atoms with E-state index in [1.165, 1.54) is 83.5 Å². The highest BCUT2D eigenvalue weighted by molar-refractivity contribution is 5.97. The number of para-hydroxylation sites is 3. The second-order valence-corrected chi connectivity index (χ2v) is 15.7. The highest BCUT2D eigenvalue weighted by Crippen LogP contribution is 2.43. The summed E-state index contributed by atoms with van der Waals surface area (Å²) < 4.78 is 17.9. The van der Waals surface area contributed by atoms with Crippen molar-refractivity contribution in [1.29, 1.82) is 0 Å². The topological polar surface area (TPSA) is 39.4 Å². The molecular weight excluding hydrogens is 697 g/mol. The monoisotopic (exact) mass is 738 g/mol. The number of hydrogen-bond donors (Lipinski definition) is 0. The van der Waals surface area contributed by atoms with Crippen molar-refractivity contribution in [1.82, 2.24) is 0 Å². The largest absolute Gasteiger partial charge is 0.464 e. The Morgan fingerprint density at radius 1 is 0.263 bits per heavy atom. The van der Waals surface area contributed by atoms with Gasteiger partial charge >= 0.3 is 0 Å². The van der Waals surface area contributed by atoms with Crippen LogP contribution in [0.3, 0.4) is 0 Å². The van der Waals surface area contributed by atoms with Gasteiger partial charge in [0.1, 0.15) is 16.7 Å². The molecule has 0 N–H and O–H groups in total. The summed E-state index contributed by atoms with van der Waals surface area (Å²) in [5.41, 5.74) is 24.2. The molecule has 276 valence electrons. The number of furan rings is 3. The zero-order valence-electron chi connectivity index (χ0n) is 33.1. The minimum atomic E-state index is 0.923. The van der Waals surface area contributed by atoms with Crippen molar-refractivity contribution in [3.63, 3.8) is 0 Å². The molecule has 3 heterocycles. The molecule has 0 unspecified atom stereocenters. The summed E-state index contributed by atoms with van der Waals surface area (Å²) in [4.78, 5) is 0. The van der Waals surface area contributed by atoms with E-state index >= 15 is 0 Å². The van der Waals surface area contributed by atoms with E-state index in [2.05, 4.69) is 151 Å². The molecule has 3 nitrogen and oxygen atoms in total. The molecule has 57 heavy (non-hydrogen) atoms. The molecule has 0 aliphatic heterocycles.